The number of thiophene rings is 1. The molecule has 2 N–H and O–H groups in total. The molecule has 28 heavy (non-hydrogen) atoms. The second-order valence-electron chi connectivity index (χ2n) is 6.56. The number of nitrogens with one attached hydrogen (secondary N) is 2. The van der Waals surface area contributed by atoms with E-state index in [-0.39, 0.29) is 17.6 Å². The van der Waals surface area contributed by atoms with Crippen LogP contribution in [0.3, 0.4) is 0 Å². The van der Waals surface area contributed by atoms with Gasteiger partial charge in [0.25, 0.3) is 5.91 Å². The Morgan fingerprint density at radius 3 is 2.64 bits per heavy atom. The Balaban J connectivity index is 1.99. The summed E-state index contributed by atoms with van der Waals surface area (Å²) in [7, 11) is 1.56. The number of ether oxygens (including phenoxy) is 1. The Labute approximate surface area is 169 Å². The van der Waals surface area contributed by atoms with Crippen molar-refractivity contribution in [3.63, 3.8) is 0 Å². The maximum atomic E-state index is 12.8. The molecule has 0 spiro atoms. The van der Waals surface area contributed by atoms with Crippen molar-refractivity contribution >= 4 is 34.6 Å². The zero-order chi connectivity index (χ0) is 20.4. The van der Waals surface area contributed by atoms with Crippen LogP contribution in [-0.2, 0) is 9.59 Å². The highest BCUT2D eigenvalue weighted by atomic mass is 32.1. The highest BCUT2D eigenvalue weighted by molar-refractivity contribution is 7.08. The van der Waals surface area contributed by atoms with Crippen LogP contribution < -0.4 is 15.4 Å². The van der Waals surface area contributed by atoms with Gasteiger partial charge in [-0.15, -0.1) is 0 Å². The molecule has 2 amide bonds. The Kier molecular flexibility index (Phi) is 8.68. The first-order valence-corrected chi connectivity index (χ1v) is 10.2. The molecule has 0 radical (unpaired) electrons. The predicted octanol–water partition coefficient (Wildman–Crippen LogP) is 4.03. The van der Waals surface area contributed by atoms with Crippen LogP contribution in [0.2, 0.25) is 0 Å². The van der Waals surface area contributed by atoms with Gasteiger partial charge >= 0.3 is 0 Å². The molecule has 0 fully saturated rings. The average Bonchev–Trinajstić information content (AvgIpc) is 3.21. The van der Waals surface area contributed by atoms with Gasteiger partial charge in [0, 0.05) is 23.6 Å². The van der Waals surface area contributed by atoms with E-state index < -0.39 is 6.04 Å². The lowest BCUT2D eigenvalue weighted by Gasteiger charge is -2.18. The molecule has 1 aromatic carbocycles. The van der Waals surface area contributed by atoms with Crippen LogP contribution in [0, 0.1) is 0 Å². The van der Waals surface area contributed by atoms with Crippen LogP contribution in [0.15, 0.2) is 41.1 Å². The first-order chi connectivity index (χ1) is 13.5. The molecule has 2 rings (SSSR count). The van der Waals surface area contributed by atoms with Gasteiger partial charge in [-0.3, -0.25) is 9.59 Å². The number of hydrogen-bond acceptors (Lipinski definition) is 5. The summed E-state index contributed by atoms with van der Waals surface area (Å²) >= 11 is 1.43. The van der Waals surface area contributed by atoms with Crippen molar-refractivity contribution in [2.75, 3.05) is 12.4 Å². The molecule has 7 heteroatoms. The molecule has 6 nitrogen and oxygen atoms in total. The lowest BCUT2D eigenvalue weighted by atomic mass is 10.0. The Hall–Kier alpha value is -2.67. The topological polar surface area (TPSA) is 84.5 Å². The summed E-state index contributed by atoms with van der Waals surface area (Å²) in [6, 6.07) is 8.14. The highest BCUT2D eigenvalue weighted by Gasteiger charge is 2.21. The van der Waals surface area contributed by atoms with Crippen LogP contribution in [-0.4, -0.2) is 30.7 Å². The minimum absolute atomic E-state index is 0.165. The lowest BCUT2D eigenvalue weighted by Crippen LogP contribution is -2.43. The van der Waals surface area contributed by atoms with Gasteiger partial charge in [0.1, 0.15) is 17.6 Å². The van der Waals surface area contributed by atoms with Crippen LogP contribution >= 0.6 is 11.3 Å². The van der Waals surface area contributed by atoms with Gasteiger partial charge < -0.3 is 20.2 Å². The lowest BCUT2D eigenvalue weighted by molar-refractivity contribution is -0.118. The third-order valence-electron chi connectivity index (χ3n) is 4.26. The van der Waals surface area contributed by atoms with E-state index in [0.717, 1.165) is 19.3 Å². The number of rotatable bonds is 11. The fourth-order valence-corrected chi connectivity index (χ4v) is 3.37. The summed E-state index contributed by atoms with van der Waals surface area (Å²) in [5.74, 6) is 0.262. The minimum Gasteiger partial charge on any atom is -0.497 e. The molecule has 0 aliphatic carbocycles. The van der Waals surface area contributed by atoms with E-state index in [1.54, 1.807) is 49.7 Å². The molecule has 1 heterocycles. The maximum absolute atomic E-state index is 12.8. The summed E-state index contributed by atoms with van der Waals surface area (Å²) in [5, 5.41) is 9.24. The highest BCUT2D eigenvalue weighted by Crippen LogP contribution is 2.18. The fraction of sp³-hybridized carbons (Fsp3) is 0.381. The van der Waals surface area contributed by atoms with E-state index in [2.05, 4.69) is 10.6 Å². The molecule has 0 saturated heterocycles. The zero-order valence-corrected chi connectivity index (χ0v) is 17.0. The number of unbranched alkanes of at least 4 members (excludes halogenated alkanes) is 2. The number of benzene rings is 1. The van der Waals surface area contributed by atoms with Crippen LogP contribution in [0.1, 0.15) is 49.4 Å². The summed E-state index contributed by atoms with van der Waals surface area (Å²) < 4.78 is 5.17. The van der Waals surface area contributed by atoms with Crippen molar-refractivity contribution in [1.29, 1.82) is 0 Å². The van der Waals surface area contributed by atoms with Crippen LogP contribution in [0.5, 0.6) is 5.75 Å². The van der Waals surface area contributed by atoms with Crippen molar-refractivity contribution in [2.24, 2.45) is 0 Å². The molecular formula is C21H26N2O4S. The predicted molar refractivity (Wildman–Crippen MR) is 111 cm³/mol. The molecule has 1 atom stereocenters. The molecular weight excluding hydrogens is 376 g/mol. The van der Waals surface area contributed by atoms with E-state index in [1.165, 1.54) is 11.3 Å². The van der Waals surface area contributed by atoms with Gasteiger partial charge in [-0.1, -0.05) is 18.9 Å². The van der Waals surface area contributed by atoms with E-state index in [4.69, 9.17) is 4.74 Å². The standard InChI is InChI=1S/C21H26N2O4S/c1-15(24)7-4-3-5-10-19(23-20(25)16-11-12-28-14-16)21(26)22-17-8-6-9-18(13-17)27-2/h6,8-9,11-14,19H,3-5,7,10H2,1-2H3,(H,22,26)(H,23,25)/t19-/m0/s1. The normalized spacial score (nSPS) is 11.5. The Bertz CT molecular complexity index is 789. The number of anilines is 1. The zero-order valence-electron chi connectivity index (χ0n) is 16.2. The van der Waals surface area contributed by atoms with Gasteiger partial charge in [0.15, 0.2) is 0 Å². The molecule has 0 aliphatic rings. The smallest absolute Gasteiger partial charge is 0.252 e. The van der Waals surface area contributed by atoms with Gasteiger partial charge in [0.2, 0.25) is 5.91 Å². The van der Waals surface area contributed by atoms with Gasteiger partial charge in [-0.25, -0.2) is 0 Å². The van der Waals surface area contributed by atoms with Crippen molar-refractivity contribution in [3.05, 3.63) is 46.7 Å². The SMILES string of the molecule is COc1cccc(NC(=O)[C@H](CCCCCC(C)=O)NC(=O)c2ccsc2)c1. The van der Waals surface area contributed by atoms with Gasteiger partial charge in [-0.2, -0.15) is 11.3 Å². The number of carbonyl (C=O) groups excluding carboxylic acids is 3. The minimum atomic E-state index is -0.657. The number of hydrogen-bond donors (Lipinski definition) is 2. The summed E-state index contributed by atoms with van der Waals surface area (Å²) in [6.45, 7) is 1.57. The molecule has 0 saturated carbocycles. The Morgan fingerprint density at radius 1 is 1.14 bits per heavy atom. The second-order valence-corrected chi connectivity index (χ2v) is 7.34. The summed E-state index contributed by atoms with van der Waals surface area (Å²) in [6.07, 6.45) is 3.41. The van der Waals surface area contributed by atoms with E-state index >= 15 is 0 Å². The Morgan fingerprint density at radius 2 is 1.96 bits per heavy atom. The van der Waals surface area contributed by atoms with Crippen LogP contribution in [0.25, 0.3) is 0 Å². The molecule has 150 valence electrons. The monoisotopic (exact) mass is 402 g/mol. The van der Waals surface area contributed by atoms with E-state index in [1.807, 2.05) is 5.38 Å². The number of ketones is 1. The van der Waals surface area contributed by atoms with Crippen LogP contribution in [0.4, 0.5) is 5.69 Å². The second kappa shape index (κ2) is 11.2. The average molecular weight is 403 g/mol. The first-order valence-electron chi connectivity index (χ1n) is 9.27. The third kappa shape index (κ3) is 7.15. The fourth-order valence-electron chi connectivity index (χ4n) is 2.73. The maximum Gasteiger partial charge on any atom is 0.252 e. The number of amides is 2. The van der Waals surface area contributed by atoms with Crippen molar-refractivity contribution in [2.45, 2.75) is 45.1 Å². The van der Waals surface area contributed by atoms with Gasteiger partial charge in [-0.05, 0) is 43.3 Å². The van der Waals surface area contributed by atoms with Crippen molar-refractivity contribution in [3.8, 4) is 5.75 Å². The third-order valence-corrected chi connectivity index (χ3v) is 4.95. The molecule has 2 aromatic rings. The van der Waals surface area contributed by atoms with Gasteiger partial charge in [0.05, 0.1) is 12.7 Å². The molecule has 0 bridgehead atoms. The summed E-state index contributed by atoms with van der Waals surface area (Å²) in [5.41, 5.74) is 1.15. The quantitative estimate of drug-likeness (QED) is 0.556. The molecule has 1 aromatic heterocycles. The van der Waals surface area contributed by atoms with Crippen molar-refractivity contribution < 1.29 is 19.1 Å². The van der Waals surface area contributed by atoms with E-state index in [0.29, 0.717) is 29.8 Å². The van der Waals surface area contributed by atoms with E-state index in [9.17, 15) is 14.4 Å². The molecule has 0 unspecified atom stereocenters. The first kappa shape index (κ1) is 21.6. The number of carbonyl (C=O) groups is 3. The largest absolute Gasteiger partial charge is 0.497 e. The molecule has 0 aliphatic heterocycles. The summed E-state index contributed by atoms with van der Waals surface area (Å²) in [4.78, 5) is 36.2. The number of methoxy groups -OCH3 is 1. The number of Topliss-reactive ketones (excluding diaryl/α,β-unsaturated/α-hetero) is 1. The van der Waals surface area contributed by atoms with Crippen molar-refractivity contribution in [1.82, 2.24) is 5.32 Å².